The van der Waals surface area contributed by atoms with Crippen LogP contribution in [0.1, 0.15) is 33.1 Å². The Morgan fingerprint density at radius 2 is 2.31 bits per heavy atom. The number of likely N-dealkylation sites (tertiary alicyclic amines) is 1. The minimum absolute atomic E-state index is 0.0977. The van der Waals surface area contributed by atoms with Crippen LogP contribution in [0.15, 0.2) is 0 Å². The summed E-state index contributed by atoms with van der Waals surface area (Å²) in [5.74, 6) is -0.146. The highest BCUT2D eigenvalue weighted by Gasteiger charge is 2.32. The van der Waals surface area contributed by atoms with Gasteiger partial charge in [0.2, 0.25) is 0 Å². The number of hydrogen-bond acceptors (Lipinski definition) is 4. The van der Waals surface area contributed by atoms with E-state index in [2.05, 4.69) is 11.0 Å². The standard InChI is InChI=1S/C12H20N2O2/c1-12(2,9-13)6-8-14-7-4-5-10(14)11(15)16-3/h10H,4-8H2,1-3H3. The predicted octanol–water partition coefficient (Wildman–Crippen LogP) is 1.56. The molecule has 0 aromatic rings. The lowest BCUT2D eigenvalue weighted by Gasteiger charge is -2.25. The smallest absolute Gasteiger partial charge is 0.323 e. The van der Waals surface area contributed by atoms with Crippen LogP contribution in [-0.2, 0) is 9.53 Å². The highest BCUT2D eigenvalue weighted by atomic mass is 16.5. The fourth-order valence-electron chi connectivity index (χ4n) is 1.98. The summed E-state index contributed by atoms with van der Waals surface area (Å²) in [5.41, 5.74) is -0.316. The van der Waals surface area contributed by atoms with Gasteiger partial charge in [-0.15, -0.1) is 0 Å². The fraction of sp³-hybridized carbons (Fsp3) is 0.833. The van der Waals surface area contributed by atoms with Gasteiger partial charge in [0.05, 0.1) is 18.6 Å². The van der Waals surface area contributed by atoms with Gasteiger partial charge in [0, 0.05) is 6.54 Å². The van der Waals surface area contributed by atoms with Crippen LogP contribution in [-0.4, -0.2) is 37.1 Å². The molecule has 1 unspecified atom stereocenters. The maximum Gasteiger partial charge on any atom is 0.323 e. The molecule has 0 saturated carbocycles. The molecule has 4 nitrogen and oxygen atoms in total. The normalized spacial score (nSPS) is 21.8. The number of hydrogen-bond donors (Lipinski definition) is 0. The molecular formula is C12H20N2O2. The average Bonchev–Trinajstić information content (AvgIpc) is 2.73. The van der Waals surface area contributed by atoms with Gasteiger partial charge in [-0.25, -0.2) is 0 Å². The van der Waals surface area contributed by atoms with Crippen LogP contribution in [0.4, 0.5) is 0 Å². The Balaban J connectivity index is 2.48. The third kappa shape index (κ3) is 3.21. The molecule has 1 fully saturated rings. The molecule has 0 amide bonds. The molecule has 16 heavy (non-hydrogen) atoms. The first kappa shape index (κ1) is 13.0. The Labute approximate surface area is 97.2 Å². The van der Waals surface area contributed by atoms with Crippen molar-refractivity contribution in [2.24, 2.45) is 5.41 Å². The molecule has 0 bridgehead atoms. The van der Waals surface area contributed by atoms with Gasteiger partial charge in [-0.3, -0.25) is 9.69 Å². The van der Waals surface area contributed by atoms with Crippen LogP contribution < -0.4 is 0 Å². The lowest BCUT2D eigenvalue weighted by molar-refractivity contribution is -0.145. The first-order chi connectivity index (χ1) is 7.50. The van der Waals surface area contributed by atoms with Gasteiger partial charge in [-0.1, -0.05) is 0 Å². The first-order valence-corrected chi connectivity index (χ1v) is 5.73. The lowest BCUT2D eigenvalue weighted by Crippen LogP contribution is -2.38. The highest BCUT2D eigenvalue weighted by molar-refractivity contribution is 5.75. The van der Waals surface area contributed by atoms with Crippen LogP contribution in [0, 0.1) is 16.7 Å². The number of methoxy groups -OCH3 is 1. The van der Waals surface area contributed by atoms with Crippen LogP contribution in [0.2, 0.25) is 0 Å². The Hall–Kier alpha value is -1.08. The summed E-state index contributed by atoms with van der Waals surface area (Å²) in [4.78, 5) is 13.6. The number of nitriles is 1. The van der Waals surface area contributed by atoms with Crippen LogP contribution in [0.25, 0.3) is 0 Å². The third-order valence-electron chi connectivity index (χ3n) is 3.16. The van der Waals surface area contributed by atoms with E-state index in [1.165, 1.54) is 7.11 Å². The van der Waals surface area contributed by atoms with Crippen molar-refractivity contribution in [1.29, 1.82) is 5.26 Å². The van der Waals surface area contributed by atoms with Gasteiger partial charge >= 0.3 is 5.97 Å². The van der Waals surface area contributed by atoms with Crippen molar-refractivity contribution < 1.29 is 9.53 Å². The van der Waals surface area contributed by atoms with Crippen molar-refractivity contribution in [3.8, 4) is 6.07 Å². The molecular weight excluding hydrogens is 204 g/mol. The molecule has 1 atom stereocenters. The molecule has 0 aliphatic carbocycles. The van der Waals surface area contributed by atoms with Gasteiger partial charge in [-0.2, -0.15) is 5.26 Å². The van der Waals surface area contributed by atoms with E-state index in [4.69, 9.17) is 10.00 Å². The van der Waals surface area contributed by atoms with Crippen LogP contribution >= 0.6 is 0 Å². The molecule has 4 heteroatoms. The van der Waals surface area contributed by atoms with Crippen molar-refractivity contribution in [1.82, 2.24) is 4.90 Å². The quantitative estimate of drug-likeness (QED) is 0.680. The minimum Gasteiger partial charge on any atom is -0.468 e. The second-order valence-electron chi connectivity index (χ2n) is 4.96. The van der Waals surface area contributed by atoms with E-state index >= 15 is 0 Å². The summed E-state index contributed by atoms with van der Waals surface area (Å²) in [6, 6.07) is 2.18. The second kappa shape index (κ2) is 5.31. The van der Waals surface area contributed by atoms with Gasteiger partial charge in [0.15, 0.2) is 0 Å². The van der Waals surface area contributed by atoms with Crippen LogP contribution in [0.5, 0.6) is 0 Å². The zero-order valence-electron chi connectivity index (χ0n) is 10.3. The maximum atomic E-state index is 11.5. The largest absolute Gasteiger partial charge is 0.468 e. The van der Waals surface area contributed by atoms with Gasteiger partial charge in [0.25, 0.3) is 0 Å². The van der Waals surface area contributed by atoms with Crippen molar-refractivity contribution in [3.63, 3.8) is 0 Å². The summed E-state index contributed by atoms with van der Waals surface area (Å²) in [6.45, 7) is 5.58. The average molecular weight is 224 g/mol. The van der Waals surface area contributed by atoms with Crippen molar-refractivity contribution in [2.45, 2.75) is 39.2 Å². The molecule has 0 aromatic carbocycles. The molecule has 0 N–H and O–H groups in total. The summed E-state index contributed by atoms with van der Waals surface area (Å²) >= 11 is 0. The third-order valence-corrected chi connectivity index (χ3v) is 3.16. The van der Waals surface area contributed by atoms with Crippen LogP contribution in [0.3, 0.4) is 0 Å². The Kier molecular flexibility index (Phi) is 4.31. The van der Waals surface area contributed by atoms with E-state index < -0.39 is 0 Å². The summed E-state index contributed by atoms with van der Waals surface area (Å²) in [6.07, 6.45) is 2.70. The highest BCUT2D eigenvalue weighted by Crippen LogP contribution is 2.23. The van der Waals surface area contributed by atoms with E-state index in [9.17, 15) is 4.79 Å². The summed E-state index contributed by atoms with van der Waals surface area (Å²) in [5, 5.41) is 8.93. The van der Waals surface area contributed by atoms with Crippen molar-refractivity contribution in [2.75, 3.05) is 20.2 Å². The predicted molar refractivity (Wildman–Crippen MR) is 60.6 cm³/mol. The molecule has 1 aliphatic heterocycles. The van der Waals surface area contributed by atoms with E-state index in [0.717, 1.165) is 32.4 Å². The minimum atomic E-state index is -0.316. The molecule has 90 valence electrons. The fourth-order valence-corrected chi connectivity index (χ4v) is 1.98. The maximum absolute atomic E-state index is 11.5. The Morgan fingerprint density at radius 1 is 1.62 bits per heavy atom. The number of carbonyl (C=O) groups is 1. The summed E-state index contributed by atoms with van der Waals surface area (Å²) in [7, 11) is 1.43. The van der Waals surface area contributed by atoms with Gasteiger partial charge in [0.1, 0.15) is 6.04 Å². The number of carbonyl (C=O) groups excluding carboxylic acids is 1. The monoisotopic (exact) mass is 224 g/mol. The van der Waals surface area contributed by atoms with E-state index in [-0.39, 0.29) is 17.4 Å². The summed E-state index contributed by atoms with van der Waals surface area (Å²) < 4.78 is 4.78. The van der Waals surface area contributed by atoms with E-state index in [1.54, 1.807) is 0 Å². The molecule has 0 radical (unpaired) electrons. The molecule has 0 spiro atoms. The van der Waals surface area contributed by atoms with E-state index in [1.807, 2.05) is 13.8 Å². The zero-order valence-corrected chi connectivity index (χ0v) is 10.3. The van der Waals surface area contributed by atoms with Gasteiger partial charge in [-0.05, 0) is 39.7 Å². The molecule has 1 saturated heterocycles. The number of rotatable bonds is 4. The number of nitrogens with zero attached hydrogens (tertiary/aromatic N) is 2. The Bertz CT molecular complexity index is 294. The molecule has 0 aromatic heterocycles. The lowest BCUT2D eigenvalue weighted by atomic mass is 9.91. The first-order valence-electron chi connectivity index (χ1n) is 5.73. The number of esters is 1. The Morgan fingerprint density at radius 3 is 2.88 bits per heavy atom. The van der Waals surface area contributed by atoms with Gasteiger partial charge < -0.3 is 4.74 Å². The van der Waals surface area contributed by atoms with Crippen molar-refractivity contribution >= 4 is 5.97 Å². The number of ether oxygens (including phenoxy) is 1. The zero-order chi connectivity index (χ0) is 12.2. The van der Waals surface area contributed by atoms with Crippen molar-refractivity contribution in [3.05, 3.63) is 0 Å². The molecule has 1 rings (SSSR count). The molecule has 1 heterocycles. The van der Waals surface area contributed by atoms with E-state index in [0.29, 0.717) is 0 Å². The molecule has 1 aliphatic rings. The second-order valence-corrected chi connectivity index (χ2v) is 4.96. The topological polar surface area (TPSA) is 53.3 Å². The SMILES string of the molecule is COC(=O)C1CCCN1CCC(C)(C)C#N.